The van der Waals surface area contributed by atoms with Crippen LogP contribution >= 0.6 is 31.9 Å². The topological polar surface area (TPSA) is 46.3 Å². The average Bonchev–Trinajstić information content (AvgIpc) is 2.38. The second-order valence-corrected chi connectivity index (χ2v) is 6.91. The molecule has 1 saturated heterocycles. The van der Waals surface area contributed by atoms with E-state index in [2.05, 4.69) is 31.9 Å². The van der Waals surface area contributed by atoms with Crippen LogP contribution in [-0.4, -0.2) is 29.9 Å². The van der Waals surface area contributed by atoms with E-state index in [9.17, 15) is 4.79 Å². The van der Waals surface area contributed by atoms with Gasteiger partial charge in [0.05, 0.1) is 5.56 Å². The second-order valence-electron chi connectivity index (χ2n) is 5.14. The lowest BCUT2D eigenvalue weighted by Crippen LogP contribution is -2.45. The van der Waals surface area contributed by atoms with E-state index < -0.39 is 0 Å². The maximum atomic E-state index is 12.5. The smallest absolute Gasteiger partial charge is 0.255 e. The van der Waals surface area contributed by atoms with Crippen molar-refractivity contribution in [3.8, 4) is 0 Å². The molecule has 1 aromatic carbocycles. The fraction of sp³-hybridized carbons (Fsp3) is 0.500. The van der Waals surface area contributed by atoms with E-state index in [0.717, 1.165) is 34.9 Å². The van der Waals surface area contributed by atoms with E-state index in [1.807, 2.05) is 30.0 Å². The summed E-state index contributed by atoms with van der Waals surface area (Å²) in [4.78, 5) is 14.5. The molecule has 0 spiro atoms. The number of carbonyl (C=O) groups is 1. The molecule has 1 amide bonds. The molecule has 2 rings (SSSR count). The molecule has 2 atom stereocenters. The molecule has 1 fully saturated rings. The molecule has 0 radical (unpaired) electrons. The molecule has 5 heteroatoms. The Labute approximate surface area is 130 Å². The van der Waals surface area contributed by atoms with E-state index in [1.54, 1.807) is 0 Å². The summed E-state index contributed by atoms with van der Waals surface area (Å²) >= 11 is 6.85. The average molecular weight is 390 g/mol. The fourth-order valence-corrected chi connectivity index (χ4v) is 3.67. The molecule has 0 bridgehead atoms. The molecule has 1 aromatic rings. The number of hydrogen-bond donors (Lipinski definition) is 1. The van der Waals surface area contributed by atoms with Gasteiger partial charge in [-0.2, -0.15) is 0 Å². The number of hydrogen-bond acceptors (Lipinski definition) is 2. The zero-order chi connectivity index (χ0) is 14.0. The van der Waals surface area contributed by atoms with Gasteiger partial charge in [0.25, 0.3) is 5.91 Å². The summed E-state index contributed by atoms with van der Waals surface area (Å²) in [5.41, 5.74) is 6.68. The van der Waals surface area contributed by atoms with Crippen LogP contribution in [0.3, 0.4) is 0 Å². The van der Waals surface area contributed by atoms with E-state index >= 15 is 0 Å². The second kappa shape index (κ2) is 6.37. The molecule has 2 unspecified atom stereocenters. The van der Waals surface area contributed by atoms with Gasteiger partial charge in [0.2, 0.25) is 0 Å². The van der Waals surface area contributed by atoms with Crippen molar-refractivity contribution in [2.24, 2.45) is 11.7 Å². The van der Waals surface area contributed by atoms with Crippen LogP contribution in [0.4, 0.5) is 0 Å². The quantitative estimate of drug-likeness (QED) is 0.842. The Kier molecular flexibility index (Phi) is 5.03. The predicted molar refractivity (Wildman–Crippen MR) is 84.1 cm³/mol. The van der Waals surface area contributed by atoms with Crippen molar-refractivity contribution in [2.45, 2.75) is 25.8 Å². The Morgan fingerprint density at radius 2 is 2.21 bits per heavy atom. The first kappa shape index (κ1) is 15.0. The van der Waals surface area contributed by atoms with Gasteiger partial charge in [0.1, 0.15) is 0 Å². The minimum Gasteiger partial charge on any atom is -0.338 e. The van der Waals surface area contributed by atoms with Gasteiger partial charge in [-0.1, -0.05) is 15.9 Å². The highest BCUT2D eigenvalue weighted by Crippen LogP contribution is 2.26. The van der Waals surface area contributed by atoms with Gasteiger partial charge < -0.3 is 10.6 Å². The Hall–Kier alpha value is -0.390. The normalized spacial score (nSPS) is 21.3. The summed E-state index contributed by atoms with van der Waals surface area (Å²) in [5.74, 6) is 0.497. The molecular weight excluding hydrogens is 372 g/mol. The van der Waals surface area contributed by atoms with Crippen LogP contribution in [-0.2, 0) is 0 Å². The van der Waals surface area contributed by atoms with Gasteiger partial charge in [-0.05, 0) is 59.8 Å². The van der Waals surface area contributed by atoms with Crippen LogP contribution in [0, 0.1) is 5.92 Å². The van der Waals surface area contributed by atoms with Crippen molar-refractivity contribution in [2.75, 3.05) is 13.1 Å². The Bertz CT molecular complexity index is 477. The Balaban J connectivity index is 2.15. The maximum Gasteiger partial charge on any atom is 0.255 e. The van der Waals surface area contributed by atoms with E-state index in [1.165, 1.54) is 0 Å². The van der Waals surface area contributed by atoms with Crippen molar-refractivity contribution in [1.29, 1.82) is 0 Å². The minimum atomic E-state index is 0.0877. The van der Waals surface area contributed by atoms with Gasteiger partial charge in [0.15, 0.2) is 0 Å². The summed E-state index contributed by atoms with van der Waals surface area (Å²) in [6.45, 7) is 3.61. The highest BCUT2D eigenvalue weighted by atomic mass is 79.9. The molecule has 2 N–H and O–H groups in total. The first-order chi connectivity index (χ1) is 8.99. The largest absolute Gasteiger partial charge is 0.338 e. The van der Waals surface area contributed by atoms with Crippen molar-refractivity contribution >= 4 is 37.8 Å². The van der Waals surface area contributed by atoms with Crippen LogP contribution in [0.15, 0.2) is 27.1 Å². The standard InChI is InChI=1S/C14H18Br2N2O/c1-9(17)10-3-2-6-18(8-10)14(19)12-5-4-11(15)7-13(12)16/h4-5,7,9-10H,2-3,6,8,17H2,1H3. The van der Waals surface area contributed by atoms with Gasteiger partial charge in [-0.3, -0.25) is 4.79 Å². The molecule has 1 aliphatic heterocycles. The van der Waals surface area contributed by atoms with Gasteiger partial charge >= 0.3 is 0 Å². The molecule has 1 heterocycles. The number of amides is 1. The molecule has 104 valence electrons. The molecule has 3 nitrogen and oxygen atoms in total. The van der Waals surface area contributed by atoms with Crippen LogP contribution in [0.2, 0.25) is 0 Å². The van der Waals surface area contributed by atoms with Crippen LogP contribution in [0.1, 0.15) is 30.1 Å². The number of carbonyl (C=O) groups excluding carboxylic acids is 1. The van der Waals surface area contributed by atoms with E-state index in [-0.39, 0.29) is 11.9 Å². The van der Waals surface area contributed by atoms with E-state index in [0.29, 0.717) is 11.5 Å². The highest BCUT2D eigenvalue weighted by molar-refractivity contribution is 9.11. The van der Waals surface area contributed by atoms with Crippen LogP contribution in [0.25, 0.3) is 0 Å². The summed E-state index contributed by atoms with van der Waals surface area (Å²) in [6, 6.07) is 5.79. The molecule has 0 aliphatic carbocycles. The predicted octanol–water partition coefficient (Wildman–Crippen LogP) is 3.41. The van der Waals surface area contributed by atoms with E-state index in [4.69, 9.17) is 5.73 Å². The van der Waals surface area contributed by atoms with Gasteiger partial charge in [-0.25, -0.2) is 0 Å². The highest BCUT2D eigenvalue weighted by Gasteiger charge is 2.27. The maximum absolute atomic E-state index is 12.5. The monoisotopic (exact) mass is 388 g/mol. The number of halogens is 2. The van der Waals surface area contributed by atoms with Gasteiger partial charge in [0, 0.05) is 28.1 Å². The SMILES string of the molecule is CC(N)C1CCCN(C(=O)c2ccc(Br)cc2Br)C1. The molecular formula is C14H18Br2N2O. The van der Waals surface area contributed by atoms with Crippen molar-refractivity contribution in [3.05, 3.63) is 32.7 Å². The number of piperidine rings is 1. The third-order valence-corrected chi connectivity index (χ3v) is 4.80. The molecule has 0 saturated carbocycles. The fourth-order valence-electron chi connectivity index (χ4n) is 2.46. The Morgan fingerprint density at radius 1 is 1.47 bits per heavy atom. The zero-order valence-electron chi connectivity index (χ0n) is 10.9. The first-order valence-electron chi connectivity index (χ1n) is 6.49. The third kappa shape index (κ3) is 3.58. The summed E-state index contributed by atoms with van der Waals surface area (Å²) in [7, 11) is 0. The number of rotatable bonds is 2. The number of nitrogens with two attached hydrogens (primary N) is 1. The summed E-state index contributed by atoms with van der Waals surface area (Å²) in [6.07, 6.45) is 2.15. The lowest BCUT2D eigenvalue weighted by atomic mass is 9.92. The molecule has 19 heavy (non-hydrogen) atoms. The van der Waals surface area contributed by atoms with Crippen LogP contribution < -0.4 is 5.73 Å². The zero-order valence-corrected chi connectivity index (χ0v) is 14.1. The molecule has 1 aliphatic rings. The third-order valence-electron chi connectivity index (χ3n) is 3.65. The number of likely N-dealkylation sites (tertiary alicyclic amines) is 1. The molecule has 0 aromatic heterocycles. The minimum absolute atomic E-state index is 0.0877. The first-order valence-corrected chi connectivity index (χ1v) is 8.07. The summed E-state index contributed by atoms with van der Waals surface area (Å²) in [5, 5.41) is 0. The number of nitrogens with zero attached hydrogens (tertiary/aromatic N) is 1. The Morgan fingerprint density at radius 3 is 2.84 bits per heavy atom. The van der Waals surface area contributed by atoms with Crippen molar-refractivity contribution in [1.82, 2.24) is 4.90 Å². The van der Waals surface area contributed by atoms with Gasteiger partial charge in [-0.15, -0.1) is 0 Å². The van der Waals surface area contributed by atoms with Crippen molar-refractivity contribution in [3.63, 3.8) is 0 Å². The van der Waals surface area contributed by atoms with Crippen molar-refractivity contribution < 1.29 is 4.79 Å². The number of benzene rings is 1. The summed E-state index contributed by atoms with van der Waals surface area (Å²) < 4.78 is 1.79. The van der Waals surface area contributed by atoms with Crippen LogP contribution in [0.5, 0.6) is 0 Å². The lowest BCUT2D eigenvalue weighted by molar-refractivity contribution is 0.0660. The lowest BCUT2D eigenvalue weighted by Gasteiger charge is -2.34.